The lowest BCUT2D eigenvalue weighted by Crippen LogP contribution is -2.36. The van der Waals surface area contributed by atoms with E-state index >= 15 is 0 Å². The summed E-state index contributed by atoms with van der Waals surface area (Å²) in [6.07, 6.45) is 2.48. The van der Waals surface area contributed by atoms with Crippen molar-refractivity contribution in [3.05, 3.63) is 45.7 Å². The third kappa shape index (κ3) is 2.88. The van der Waals surface area contributed by atoms with Crippen LogP contribution in [0.4, 0.5) is 4.39 Å². The molecule has 1 saturated carbocycles. The number of hydrogen-bond donors (Lipinski definition) is 1. The first-order chi connectivity index (χ1) is 9.56. The number of halogens is 1. The van der Waals surface area contributed by atoms with Crippen LogP contribution in [0, 0.1) is 5.82 Å². The molecule has 1 N–H and O–H groups in total. The van der Waals surface area contributed by atoms with Crippen molar-refractivity contribution in [1.82, 2.24) is 15.5 Å². The van der Waals surface area contributed by atoms with Crippen LogP contribution < -0.4 is 5.32 Å². The molecule has 0 radical (unpaired) electrons. The van der Waals surface area contributed by atoms with Crippen molar-refractivity contribution in [2.45, 2.75) is 44.7 Å². The Morgan fingerprint density at radius 3 is 2.75 bits per heavy atom. The minimum atomic E-state index is -0.434. The highest BCUT2D eigenvalue weighted by molar-refractivity contribution is 7.11. The molecular weight excluding hydrogens is 273 g/mol. The van der Waals surface area contributed by atoms with Gasteiger partial charge >= 0.3 is 0 Å². The maximum absolute atomic E-state index is 13.9. The Bertz CT molecular complexity index is 605. The molecule has 1 aromatic heterocycles. The number of aromatic nitrogens is 2. The third-order valence-corrected chi connectivity index (χ3v) is 4.72. The van der Waals surface area contributed by atoms with Crippen LogP contribution in [0.15, 0.2) is 24.3 Å². The smallest absolute Gasteiger partial charge is 0.131 e. The summed E-state index contributed by atoms with van der Waals surface area (Å²) in [5.74, 6) is 0.460. The second kappa shape index (κ2) is 5.22. The number of rotatable bonds is 5. The van der Waals surface area contributed by atoms with E-state index < -0.39 is 5.54 Å². The lowest BCUT2D eigenvalue weighted by molar-refractivity contribution is 0.382. The zero-order chi connectivity index (χ0) is 14.2. The summed E-state index contributed by atoms with van der Waals surface area (Å²) in [4.78, 5) is 0. The van der Waals surface area contributed by atoms with E-state index in [-0.39, 0.29) is 5.82 Å². The summed E-state index contributed by atoms with van der Waals surface area (Å²) in [5.41, 5.74) is 0.239. The van der Waals surface area contributed by atoms with E-state index in [9.17, 15) is 4.39 Å². The van der Waals surface area contributed by atoms with Crippen LogP contribution in [0.1, 0.15) is 48.2 Å². The number of nitrogens with zero attached hydrogens (tertiary/aromatic N) is 2. The summed E-state index contributed by atoms with van der Waals surface area (Å²) < 4.78 is 13.9. The fourth-order valence-corrected chi connectivity index (χ4v) is 3.14. The van der Waals surface area contributed by atoms with Gasteiger partial charge in [-0.2, -0.15) is 0 Å². The van der Waals surface area contributed by atoms with Gasteiger partial charge in [0, 0.05) is 17.0 Å². The monoisotopic (exact) mass is 291 g/mol. The molecule has 0 bridgehead atoms. The third-order valence-electron chi connectivity index (χ3n) is 3.64. The van der Waals surface area contributed by atoms with E-state index in [1.807, 2.05) is 26.0 Å². The van der Waals surface area contributed by atoms with Crippen LogP contribution in [-0.4, -0.2) is 10.2 Å². The summed E-state index contributed by atoms with van der Waals surface area (Å²) in [6, 6.07) is 6.88. The predicted molar refractivity (Wildman–Crippen MR) is 78.1 cm³/mol. The normalized spacial score (nSPS) is 15.6. The van der Waals surface area contributed by atoms with Gasteiger partial charge in [0.25, 0.3) is 0 Å². The Morgan fingerprint density at radius 2 is 2.05 bits per heavy atom. The molecule has 20 heavy (non-hydrogen) atoms. The molecule has 3 rings (SSSR count). The van der Waals surface area contributed by atoms with E-state index in [0.29, 0.717) is 18.0 Å². The van der Waals surface area contributed by atoms with Gasteiger partial charge in [0.15, 0.2) is 0 Å². The molecule has 2 aromatic rings. The Balaban J connectivity index is 1.68. The Labute approximate surface area is 122 Å². The van der Waals surface area contributed by atoms with E-state index in [0.717, 1.165) is 10.0 Å². The van der Waals surface area contributed by atoms with Gasteiger partial charge < -0.3 is 5.32 Å². The lowest BCUT2D eigenvalue weighted by Gasteiger charge is -2.26. The van der Waals surface area contributed by atoms with Gasteiger partial charge in [-0.3, -0.25) is 0 Å². The molecule has 0 amide bonds. The maximum atomic E-state index is 13.9. The molecule has 1 aliphatic rings. The largest absolute Gasteiger partial charge is 0.301 e. The standard InChI is InChI=1S/C15H18FN3S/c1-15(2,11-5-3-4-6-12(11)16)17-9-13-18-19-14(20-13)10-7-8-10/h3-6,10,17H,7-9H2,1-2H3. The van der Waals surface area contributed by atoms with E-state index in [4.69, 9.17) is 0 Å². The number of hydrogen-bond acceptors (Lipinski definition) is 4. The van der Waals surface area contributed by atoms with Crippen molar-refractivity contribution in [1.29, 1.82) is 0 Å². The maximum Gasteiger partial charge on any atom is 0.131 e. The average molecular weight is 291 g/mol. The highest BCUT2D eigenvalue weighted by Gasteiger charge is 2.28. The van der Waals surface area contributed by atoms with Crippen molar-refractivity contribution < 1.29 is 4.39 Å². The first kappa shape index (κ1) is 13.6. The summed E-state index contributed by atoms with van der Waals surface area (Å²) in [7, 11) is 0. The van der Waals surface area contributed by atoms with E-state index in [1.165, 1.54) is 18.9 Å². The van der Waals surface area contributed by atoms with Gasteiger partial charge in [0.05, 0.1) is 6.54 Å². The van der Waals surface area contributed by atoms with Crippen LogP contribution in [-0.2, 0) is 12.1 Å². The topological polar surface area (TPSA) is 37.8 Å². The van der Waals surface area contributed by atoms with Gasteiger partial charge in [-0.15, -0.1) is 10.2 Å². The number of benzene rings is 1. The fraction of sp³-hybridized carbons (Fsp3) is 0.467. The zero-order valence-corrected chi connectivity index (χ0v) is 12.5. The van der Waals surface area contributed by atoms with Crippen molar-refractivity contribution in [3.63, 3.8) is 0 Å². The van der Waals surface area contributed by atoms with Crippen LogP contribution in [0.2, 0.25) is 0 Å². The summed E-state index contributed by atoms with van der Waals surface area (Å²) in [6.45, 7) is 4.58. The van der Waals surface area contributed by atoms with Gasteiger partial charge in [-0.05, 0) is 32.8 Å². The molecule has 0 unspecified atom stereocenters. The molecule has 1 heterocycles. The quantitative estimate of drug-likeness (QED) is 0.915. The molecule has 106 valence electrons. The fourth-order valence-electron chi connectivity index (χ4n) is 2.19. The van der Waals surface area contributed by atoms with Gasteiger partial charge in [0.1, 0.15) is 15.8 Å². The molecule has 5 heteroatoms. The second-order valence-electron chi connectivity index (χ2n) is 5.77. The summed E-state index contributed by atoms with van der Waals surface area (Å²) in [5, 5.41) is 13.9. The van der Waals surface area contributed by atoms with Crippen LogP contribution in [0.25, 0.3) is 0 Å². The Hall–Kier alpha value is -1.33. The molecule has 0 saturated heterocycles. The van der Waals surface area contributed by atoms with Crippen molar-refractivity contribution in [2.24, 2.45) is 0 Å². The van der Waals surface area contributed by atoms with E-state index in [2.05, 4.69) is 15.5 Å². The number of nitrogens with one attached hydrogen (secondary N) is 1. The molecule has 0 atom stereocenters. The highest BCUT2D eigenvalue weighted by atomic mass is 32.1. The van der Waals surface area contributed by atoms with Crippen molar-refractivity contribution in [2.75, 3.05) is 0 Å². The Kier molecular flexibility index (Phi) is 3.56. The van der Waals surface area contributed by atoms with Crippen LogP contribution >= 0.6 is 11.3 Å². The predicted octanol–water partition coefficient (Wildman–Crippen LogP) is 3.58. The minimum Gasteiger partial charge on any atom is -0.301 e. The van der Waals surface area contributed by atoms with Crippen molar-refractivity contribution in [3.8, 4) is 0 Å². The highest BCUT2D eigenvalue weighted by Crippen LogP contribution is 2.41. The molecule has 1 fully saturated rings. The van der Waals surface area contributed by atoms with Crippen LogP contribution in [0.3, 0.4) is 0 Å². The van der Waals surface area contributed by atoms with E-state index in [1.54, 1.807) is 17.4 Å². The van der Waals surface area contributed by atoms with Gasteiger partial charge in [-0.25, -0.2) is 4.39 Å². The lowest BCUT2D eigenvalue weighted by atomic mass is 9.94. The zero-order valence-electron chi connectivity index (χ0n) is 11.7. The SMILES string of the molecule is CC(C)(NCc1nnc(C2CC2)s1)c1ccccc1F. The molecule has 1 aliphatic carbocycles. The van der Waals surface area contributed by atoms with Gasteiger partial charge in [-0.1, -0.05) is 29.5 Å². The van der Waals surface area contributed by atoms with Crippen molar-refractivity contribution >= 4 is 11.3 Å². The average Bonchev–Trinajstić information content (AvgIpc) is 3.16. The Morgan fingerprint density at radius 1 is 1.30 bits per heavy atom. The first-order valence-electron chi connectivity index (χ1n) is 6.88. The minimum absolute atomic E-state index is 0.180. The van der Waals surface area contributed by atoms with Gasteiger partial charge in [0.2, 0.25) is 0 Å². The molecule has 0 aliphatic heterocycles. The molecule has 1 aromatic carbocycles. The molecule has 3 nitrogen and oxygen atoms in total. The first-order valence-corrected chi connectivity index (χ1v) is 7.70. The second-order valence-corrected chi connectivity index (χ2v) is 6.86. The molecular formula is C15H18FN3S. The van der Waals surface area contributed by atoms with Crippen LogP contribution in [0.5, 0.6) is 0 Å². The molecule has 0 spiro atoms. The summed E-state index contributed by atoms with van der Waals surface area (Å²) >= 11 is 1.67.